The van der Waals surface area contributed by atoms with Crippen LogP contribution in [-0.2, 0) is 0 Å². The molecular weight excluding hydrogens is 288 g/mol. The normalized spacial score (nSPS) is 10.2. The minimum absolute atomic E-state index is 0.0548. The smallest absolute Gasteiger partial charge is 0.273 e. The van der Waals surface area contributed by atoms with E-state index in [-0.39, 0.29) is 11.6 Å². The number of amides is 1. The van der Waals surface area contributed by atoms with E-state index in [1.54, 1.807) is 19.1 Å². The summed E-state index contributed by atoms with van der Waals surface area (Å²) in [5, 5.41) is 13.7. The highest BCUT2D eigenvalue weighted by molar-refractivity contribution is 7.98. The Kier molecular flexibility index (Phi) is 4.59. The second-order valence-corrected chi connectivity index (χ2v) is 5.21. The van der Waals surface area contributed by atoms with Gasteiger partial charge in [-0.1, -0.05) is 18.2 Å². The van der Waals surface area contributed by atoms with E-state index in [4.69, 9.17) is 0 Å². The third kappa shape index (κ3) is 3.22. The van der Waals surface area contributed by atoms with Crippen molar-refractivity contribution in [1.82, 2.24) is 0 Å². The van der Waals surface area contributed by atoms with Crippen LogP contribution in [0, 0.1) is 17.0 Å². The van der Waals surface area contributed by atoms with E-state index in [1.807, 2.05) is 24.5 Å². The number of carbonyl (C=O) groups is 1. The van der Waals surface area contributed by atoms with Crippen LogP contribution in [-0.4, -0.2) is 17.1 Å². The second kappa shape index (κ2) is 6.41. The zero-order valence-corrected chi connectivity index (χ0v) is 12.4. The Labute approximate surface area is 126 Å². The van der Waals surface area contributed by atoms with Crippen LogP contribution in [0.4, 0.5) is 11.4 Å². The van der Waals surface area contributed by atoms with Crippen molar-refractivity contribution in [3.05, 3.63) is 63.7 Å². The maximum atomic E-state index is 12.3. The first-order chi connectivity index (χ1) is 10.0. The van der Waals surface area contributed by atoms with Crippen molar-refractivity contribution < 1.29 is 9.72 Å². The molecule has 2 rings (SSSR count). The zero-order valence-electron chi connectivity index (χ0n) is 11.6. The topological polar surface area (TPSA) is 72.2 Å². The molecule has 0 saturated heterocycles. The lowest BCUT2D eigenvalue weighted by molar-refractivity contribution is -0.385. The summed E-state index contributed by atoms with van der Waals surface area (Å²) in [4.78, 5) is 23.7. The lowest BCUT2D eigenvalue weighted by Crippen LogP contribution is -2.14. The molecule has 6 heteroatoms. The van der Waals surface area contributed by atoms with E-state index in [2.05, 4.69) is 5.32 Å². The molecule has 0 aromatic heterocycles. The van der Waals surface area contributed by atoms with Gasteiger partial charge in [0.25, 0.3) is 11.6 Å². The van der Waals surface area contributed by atoms with Crippen molar-refractivity contribution in [3.63, 3.8) is 0 Å². The van der Waals surface area contributed by atoms with Gasteiger partial charge in [-0.3, -0.25) is 14.9 Å². The van der Waals surface area contributed by atoms with Gasteiger partial charge in [0.05, 0.1) is 10.6 Å². The molecule has 108 valence electrons. The van der Waals surface area contributed by atoms with Gasteiger partial charge in [-0.25, -0.2) is 0 Å². The molecule has 0 unspecified atom stereocenters. The van der Waals surface area contributed by atoms with Gasteiger partial charge in [0.2, 0.25) is 0 Å². The molecular formula is C15H14N2O3S. The Morgan fingerprint density at radius 1 is 1.19 bits per heavy atom. The molecule has 21 heavy (non-hydrogen) atoms. The molecule has 0 fully saturated rings. The summed E-state index contributed by atoms with van der Waals surface area (Å²) in [6.07, 6.45) is 1.92. The molecule has 0 heterocycles. The highest BCUT2D eigenvalue weighted by Crippen LogP contribution is 2.26. The first-order valence-electron chi connectivity index (χ1n) is 6.23. The summed E-state index contributed by atoms with van der Waals surface area (Å²) in [6.45, 7) is 1.58. The summed E-state index contributed by atoms with van der Waals surface area (Å²) in [5.41, 5.74) is 1.31. The molecule has 0 radical (unpaired) electrons. The summed E-state index contributed by atoms with van der Waals surface area (Å²) >= 11 is 1.52. The van der Waals surface area contributed by atoms with E-state index < -0.39 is 4.92 Å². The van der Waals surface area contributed by atoms with Crippen molar-refractivity contribution in [2.45, 2.75) is 11.8 Å². The first kappa shape index (κ1) is 15.1. The molecule has 2 aromatic rings. The van der Waals surface area contributed by atoms with Crippen LogP contribution >= 0.6 is 11.8 Å². The van der Waals surface area contributed by atoms with Gasteiger partial charge < -0.3 is 5.32 Å². The Morgan fingerprint density at radius 2 is 1.90 bits per heavy atom. The number of benzene rings is 2. The van der Waals surface area contributed by atoms with Crippen LogP contribution in [0.3, 0.4) is 0 Å². The number of nitro benzene ring substituents is 1. The number of hydrogen-bond donors (Lipinski definition) is 1. The Morgan fingerprint density at radius 3 is 2.57 bits per heavy atom. The molecule has 0 saturated carbocycles. The quantitative estimate of drug-likeness (QED) is 0.528. The van der Waals surface area contributed by atoms with Gasteiger partial charge in [0.1, 0.15) is 0 Å². The van der Waals surface area contributed by atoms with Crippen molar-refractivity contribution in [3.8, 4) is 0 Å². The average Bonchev–Trinajstić information content (AvgIpc) is 2.47. The van der Waals surface area contributed by atoms with Crippen LogP contribution in [0.15, 0.2) is 47.4 Å². The molecule has 0 spiro atoms. The summed E-state index contributed by atoms with van der Waals surface area (Å²) in [6, 6.07) is 11.9. The maximum Gasteiger partial charge on any atom is 0.273 e. The number of anilines is 1. The van der Waals surface area contributed by atoms with E-state index in [1.165, 1.54) is 23.9 Å². The summed E-state index contributed by atoms with van der Waals surface area (Å²) in [7, 11) is 0. The van der Waals surface area contributed by atoms with Gasteiger partial charge in [-0.05, 0) is 31.4 Å². The molecule has 1 amide bonds. The SMILES string of the molecule is CSc1ccccc1NC(=O)c1cccc([N+](=O)[O-])c1C. The molecule has 1 N–H and O–H groups in total. The fourth-order valence-electron chi connectivity index (χ4n) is 2.00. The fraction of sp³-hybridized carbons (Fsp3) is 0.133. The third-order valence-electron chi connectivity index (χ3n) is 3.10. The third-order valence-corrected chi connectivity index (χ3v) is 3.90. The van der Waals surface area contributed by atoms with Crippen LogP contribution in [0.1, 0.15) is 15.9 Å². The van der Waals surface area contributed by atoms with E-state index >= 15 is 0 Å². The van der Waals surface area contributed by atoms with Gasteiger partial charge in [0, 0.05) is 22.1 Å². The van der Waals surface area contributed by atoms with Crippen LogP contribution < -0.4 is 5.32 Å². The Balaban J connectivity index is 2.33. The van der Waals surface area contributed by atoms with Crippen LogP contribution in [0.5, 0.6) is 0 Å². The van der Waals surface area contributed by atoms with Crippen LogP contribution in [0.25, 0.3) is 0 Å². The molecule has 5 nitrogen and oxygen atoms in total. The second-order valence-electron chi connectivity index (χ2n) is 4.36. The number of nitro groups is 1. The fourth-order valence-corrected chi connectivity index (χ4v) is 2.56. The lowest BCUT2D eigenvalue weighted by Gasteiger charge is -2.10. The predicted molar refractivity (Wildman–Crippen MR) is 84.0 cm³/mol. The summed E-state index contributed by atoms with van der Waals surface area (Å²) < 4.78 is 0. The molecule has 0 atom stereocenters. The predicted octanol–water partition coefficient (Wildman–Crippen LogP) is 3.88. The molecule has 0 aliphatic carbocycles. The van der Waals surface area contributed by atoms with E-state index in [0.29, 0.717) is 16.8 Å². The number of thioether (sulfide) groups is 1. The zero-order chi connectivity index (χ0) is 15.4. The molecule has 0 aliphatic rings. The Hall–Kier alpha value is -2.34. The average molecular weight is 302 g/mol. The van der Waals surface area contributed by atoms with Gasteiger partial charge in [-0.2, -0.15) is 0 Å². The molecule has 2 aromatic carbocycles. The number of carbonyl (C=O) groups excluding carboxylic acids is 1. The largest absolute Gasteiger partial charge is 0.321 e. The molecule has 0 aliphatic heterocycles. The summed E-state index contributed by atoms with van der Waals surface area (Å²) in [5.74, 6) is -0.349. The van der Waals surface area contributed by atoms with E-state index in [9.17, 15) is 14.9 Å². The molecule has 0 bridgehead atoms. The highest BCUT2D eigenvalue weighted by Gasteiger charge is 2.18. The van der Waals surface area contributed by atoms with Crippen molar-refractivity contribution in [2.24, 2.45) is 0 Å². The standard InChI is InChI=1S/C15H14N2O3S/c1-10-11(6-5-8-13(10)17(19)20)15(18)16-12-7-3-4-9-14(12)21-2/h3-9H,1-2H3,(H,16,18). The van der Waals surface area contributed by atoms with E-state index in [0.717, 1.165) is 4.90 Å². The number of rotatable bonds is 4. The number of para-hydroxylation sites is 1. The number of hydrogen-bond acceptors (Lipinski definition) is 4. The minimum atomic E-state index is -0.484. The van der Waals surface area contributed by atoms with Gasteiger partial charge in [-0.15, -0.1) is 11.8 Å². The van der Waals surface area contributed by atoms with Crippen molar-refractivity contribution >= 4 is 29.0 Å². The maximum absolute atomic E-state index is 12.3. The van der Waals surface area contributed by atoms with Crippen molar-refractivity contribution in [2.75, 3.05) is 11.6 Å². The highest BCUT2D eigenvalue weighted by atomic mass is 32.2. The lowest BCUT2D eigenvalue weighted by atomic mass is 10.1. The minimum Gasteiger partial charge on any atom is -0.321 e. The van der Waals surface area contributed by atoms with Gasteiger partial charge >= 0.3 is 0 Å². The van der Waals surface area contributed by atoms with Crippen molar-refractivity contribution in [1.29, 1.82) is 0 Å². The van der Waals surface area contributed by atoms with Crippen LogP contribution in [0.2, 0.25) is 0 Å². The monoisotopic (exact) mass is 302 g/mol. The number of nitrogens with zero attached hydrogens (tertiary/aromatic N) is 1. The first-order valence-corrected chi connectivity index (χ1v) is 7.45. The Bertz CT molecular complexity index is 701. The number of nitrogens with one attached hydrogen (secondary N) is 1. The van der Waals surface area contributed by atoms with Gasteiger partial charge in [0.15, 0.2) is 0 Å².